The average molecular weight is 539 g/mol. The summed E-state index contributed by atoms with van der Waals surface area (Å²) >= 11 is 8.58. The Kier molecular flexibility index (Phi) is 6.67. The fraction of sp³-hybridized carbons (Fsp3) is 0.269. The summed E-state index contributed by atoms with van der Waals surface area (Å²) in [5.41, 5.74) is 2.04. The average Bonchev–Trinajstić information content (AvgIpc) is 3.46. The summed E-state index contributed by atoms with van der Waals surface area (Å²) in [6.45, 7) is 2.62. The number of carbonyl (C=O) groups excluding carboxylic acids is 1. The molecule has 0 bridgehead atoms. The topological polar surface area (TPSA) is 58.0 Å². The summed E-state index contributed by atoms with van der Waals surface area (Å²) in [6.07, 6.45) is 1.76. The molecule has 36 heavy (non-hydrogen) atoms. The van der Waals surface area contributed by atoms with Gasteiger partial charge in [0.2, 0.25) is 0 Å². The van der Waals surface area contributed by atoms with Crippen molar-refractivity contribution in [2.45, 2.75) is 31.2 Å². The summed E-state index contributed by atoms with van der Waals surface area (Å²) in [7, 11) is 5.38. The van der Waals surface area contributed by atoms with Crippen LogP contribution in [0.5, 0.6) is 5.75 Å². The number of thiazole rings is 1. The number of hydrogen-bond donors (Lipinski definition) is 0. The number of benzene rings is 2. The van der Waals surface area contributed by atoms with Crippen LogP contribution in [0.3, 0.4) is 0 Å². The van der Waals surface area contributed by atoms with E-state index in [-0.39, 0.29) is 11.5 Å². The van der Waals surface area contributed by atoms with Gasteiger partial charge in [-0.15, -0.1) is 11.3 Å². The van der Waals surface area contributed by atoms with Crippen LogP contribution in [0, 0.1) is 0 Å². The Labute approximate surface area is 222 Å². The van der Waals surface area contributed by atoms with E-state index in [2.05, 4.69) is 6.92 Å². The molecule has 1 saturated heterocycles. The second kappa shape index (κ2) is 9.76. The molecule has 5 rings (SSSR count). The molecule has 186 valence electrons. The highest BCUT2D eigenvalue weighted by Gasteiger charge is 2.39. The minimum absolute atomic E-state index is 0.0876. The number of nitrogens with zero attached hydrogens (tertiary/aromatic N) is 4. The molecule has 0 aliphatic carbocycles. The molecule has 0 spiro atoms. The van der Waals surface area contributed by atoms with Crippen molar-refractivity contribution in [2.24, 2.45) is 0 Å². The molecule has 2 aromatic carbocycles. The molecule has 1 fully saturated rings. The van der Waals surface area contributed by atoms with E-state index in [9.17, 15) is 9.59 Å². The van der Waals surface area contributed by atoms with Gasteiger partial charge in [0.05, 0.1) is 18.5 Å². The van der Waals surface area contributed by atoms with Gasteiger partial charge in [-0.2, -0.15) is 0 Å². The lowest BCUT2D eigenvalue weighted by atomic mass is 10.3. The molecule has 0 atom stereocenters. The van der Waals surface area contributed by atoms with Crippen molar-refractivity contribution in [3.05, 3.63) is 68.1 Å². The Bertz CT molecular complexity index is 1540. The Morgan fingerprint density at radius 1 is 1.03 bits per heavy atom. The van der Waals surface area contributed by atoms with Crippen LogP contribution in [0.4, 0.5) is 11.4 Å². The van der Waals surface area contributed by atoms with Crippen molar-refractivity contribution in [1.29, 1.82) is 0 Å². The van der Waals surface area contributed by atoms with E-state index in [0.29, 0.717) is 32.2 Å². The molecule has 3 aromatic rings. The Hall–Kier alpha value is -3.08. The predicted molar refractivity (Wildman–Crippen MR) is 151 cm³/mol. The molecule has 0 saturated carbocycles. The Balaban J connectivity index is 1.73. The second-order valence-corrected chi connectivity index (χ2v) is 10.9. The van der Waals surface area contributed by atoms with Crippen LogP contribution in [0.15, 0.2) is 58.2 Å². The van der Waals surface area contributed by atoms with E-state index in [1.165, 1.54) is 16.2 Å². The Morgan fingerprint density at radius 3 is 2.47 bits per heavy atom. The molecule has 7 nitrogen and oxygen atoms in total. The maximum absolute atomic E-state index is 13.8. The fourth-order valence-corrected chi connectivity index (χ4v) is 7.13. The first-order valence-corrected chi connectivity index (χ1v) is 13.7. The number of anilines is 2. The lowest BCUT2D eigenvalue weighted by Crippen LogP contribution is -2.36. The quantitative estimate of drug-likeness (QED) is 0.462. The van der Waals surface area contributed by atoms with Gasteiger partial charge >= 0.3 is 0 Å². The number of rotatable bonds is 5. The van der Waals surface area contributed by atoms with Gasteiger partial charge in [0.1, 0.15) is 25.7 Å². The van der Waals surface area contributed by atoms with E-state index < -0.39 is 0 Å². The zero-order chi connectivity index (χ0) is 25.6. The molecule has 3 heterocycles. The standard InChI is InChI=1S/C26H26N4O3S3/c1-5-6-14-29-23(32)21(25-27(2)18-15-17(33-4)12-13-19(18)35-25)36-24(29)20-22(31)30(26(34)28(20)3)16-10-8-7-9-11-16/h7-13,15H,5-6,14H2,1-4H3/b24-20-,25-21-. The van der Waals surface area contributed by atoms with E-state index >= 15 is 0 Å². The van der Waals surface area contributed by atoms with E-state index in [1.54, 1.807) is 35.4 Å². The zero-order valence-corrected chi connectivity index (χ0v) is 22.9. The molecule has 0 radical (unpaired) electrons. The van der Waals surface area contributed by atoms with Gasteiger partial charge in [-0.25, -0.2) is 0 Å². The van der Waals surface area contributed by atoms with Crippen molar-refractivity contribution >= 4 is 68.4 Å². The highest BCUT2D eigenvalue weighted by molar-refractivity contribution is 8.08. The van der Waals surface area contributed by atoms with Crippen LogP contribution < -0.4 is 29.3 Å². The zero-order valence-electron chi connectivity index (χ0n) is 20.5. The lowest BCUT2D eigenvalue weighted by molar-refractivity contribution is -0.112. The van der Waals surface area contributed by atoms with Gasteiger partial charge in [-0.1, -0.05) is 43.3 Å². The number of fused-ring (bicyclic) bond motifs is 1. The van der Waals surface area contributed by atoms with Crippen LogP contribution in [0.2, 0.25) is 0 Å². The van der Waals surface area contributed by atoms with Gasteiger partial charge in [-0.05, 0) is 42.9 Å². The highest BCUT2D eigenvalue weighted by atomic mass is 32.2. The lowest BCUT2D eigenvalue weighted by Gasteiger charge is -2.16. The molecule has 2 aliphatic rings. The summed E-state index contributed by atoms with van der Waals surface area (Å²) in [5.74, 6) is 0.537. The van der Waals surface area contributed by atoms with Crippen LogP contribution in [-0.2, 0) is 11.3 Å². The smallest absolute Gasteiger partial charge is 0.284 e. The number of para-hydroxylation sites is 1. The molecular formula is C26H26N4O3S3. The molecule has 10 heteroatoms. The fourth-order valence-electron chi connectivity index (χ4n) is 4.32. The van der Waals surface area contributed by atoms with Gasteiger partial charge in [0, 0.05) is 31.6 Å². The van der Waals surface area contributed by atoms with Crippen molar-refractivity contribution in [1.82, 2.24) is 9.47 Å². The number of carbonyl (C=O) groups is 1. The van der Waals surface area contributed by atoms with E-state index in [1.807, 2.05) is 60.5 Å². The summed E-state index contributed by atoms with van der Waals surface area (Å²) in [5, 5.41) is 1.24. The van der Waals surface area contributed by atoms with Gasteiger partial charge in [0.15, 0.2) is 5.11 Å². The monoisotopic (exact) mass is 538 g/mol. The molecule has 1 amide bonds. The molecule has 1 aromatic heterocycles. The first-order valence-electron chi connectivity index (χ1n) is 11.6. The number of hydrogen-bond acceptors (Lipinski definition) is 7. The largest absolute Gasteiger partial charge is 0.497 e. The van der Waals surface area contributed by atoms with Crippen molar-refractivity contribution in [3.63, 3.8) is 0 Å². The summed E-state index contributed by atoms with van der Waals surface area (Å²) in [6, 6.07) is 15.3. The maximum atomic E-state index is 13.8. The number of thiocarbonyl (C=S) groups is 1. The number of aromatic nitrogens is 1. The number of likely N-dealkylation sites (N-methyl/N-ethyl adjacent to an activating group) is 1. The van der Waals surface area contributed by atoms with Gasteiger partial charge in [-0.3, -0.25) is 19.1 Å². The minimum Gasteiger partial charge on any atom is -0.497 e. The van der Waals surface area contributed by atoms with Crippen molar-refractivity contribution in [2.75, 3.05) is 31.0 Å². The normalized spacial score (nSPS) is 18.4. The van der Waals surface area contributed by atoms with Gasteiger partial charge < -0.3 is 14.5 Å². The number of methoxy groups -OCH3 is 1. The van der Waals surface area contributed by atoms with E-state index in [0.717, 1.165) is 34.2 Å². The summed E-state index contributed by atoms with van der Waals surface area (Å²) in [4.78, 5) is 33.9. The van der Waals surface area contributed by atoms with Crippen LogP contribution in [0.1, 0.15) is 19.8 Å². The summed E-state index contributed by atoms with van der Waals surface area (Å²) < 4.78 is 8.39. The number of thioether (sulfide) groups is 1. The molecular weight excluding hydrogens is 513 g/mol. The van der Waals surface area contributed by atoms with Crippen molar-refractivity contribution < 1.29 is 9.53 Å². The third-order valence-corrected chi connectivity index (χ3v) is 9.29. The number of unbranched alkanes of at least 4 members (excludes halogenated alkanes) is 1. The molecule has 2 aliphatic heterocycles. The van der Waals surface area contributed by atoms with Crippen molar-refractivity contribution in [3.8, 4) is 5.75 Å². The van der Waals surface area contributed by atoms with Gasteiger partial charge in [0.25, 0.3) is 11.5 Å². The van der Waals surface area contributed by atoms with Crippen LogP contribution in [0.25, 0.3) is 10.7 Å². The molecule has 0 unspecified atom stereocenters. The van der Waals surface area contributed by atoms with Crippen LogP contribution >= 0.6 is 35.3 Å². The predicted octanol–water partition coefficient (Wildman–Crippen LogP) is 3.40. The van der Waals surface area contributed by atoms with Crippen LogP contribution in [-0.4, -0.2) is 41.7 Å². The first-order chi connectivity index (χ1) is 17.4. The third kappa shape index (κ3) is 3.93. The minimum atomic E-state index is -0.225. The third-order valence-electron chi connectivity index (χ3n) is 6.29. The molecule has 0 N–H and O–H groups in total. The van der Waals surface area contributed by atoms with E-state index in [4.69, 9.17) is 17.0 Å². The SMILES string of the molecule is CCCCn1c(=O)/c(=C2/Sc3ccc(OC)cc3N2C)s/c1=C1/C(=O)N(c2ccccc2)C(=S)N1C. The second-order valence-electron chi connectivity index (χ2n) is 8.51. The first kappa shape index (κ1) is 24.6. The Morgan fingerprint density at radius 2 is 1.78 bits per heavy atom. The number of ether oxygens (including phenoxy) is 1. The maximum Gasteiger partial charge on any atom is 0.284 e. The number of amides is 1. The highest BCUT2D eigenvalue weighted by Crippen LogP contribution is 2.46.